The Morgan fingerprint density at radius 2 is 1.57 bits per heavy atom. The molecule has 0 aromatic heterocycles. The average molecular weight is 394 g/mol. The van der Waals surface area contributed by atoms with E-state index in [0.717, 1.165) is 5.56 Å². The molecule has 0 saturated heterocycles. The van der Waals surface area contributed by atoms with Crippen LogP contribution in [-0.4, -0.2) is 24.8 Å². The van der Waals surface area contributed by atoms with Crippen LogP contribution < -0.4 is 10.1 Å². The zero-order valence-electron chi connectivity index (χ0n) is 15.2. The molecule has 0 heterocycles. The lowest BCUT2D eigenvalue weighted by atomic mass is 10.0. The summed E-state index contributed by atoms with van der Waals surface area (Å²) in [5.74, 6) is 0.284. The average Bonchev–Trinajstić information content (AvgIpc) is 2.73. The van der Waals surface area contributed by atoms with Crippen molar-refractivity contribution in [2.24, 2.45) is 0 Å². The van der Waals surface area contributed by atoms with E-state index >= 15 is 0 Å². The number of carbonyl (C=O) groups is 2. The summed E-state index contributed by atoms with van der Waals surface area (Å²) in [4.78, 5) is 24.3. The molecule has 3 aromatic rings. The van der Waals surface area contributed by atoms with Crippen LogP contribution >= 0.6 is 11.6 Å². The maximum Gasteiger partial charge on any atom is 0.257 e. The molecule has 0 bridgehead atoms. The molecule has 0 aliphatic heterocycles. The van der Waals surface area contributed by atoms with Gasteiger partial charge in [-0.05, 0) is 48.4 Å². The number of carbonyl (C=O) groups excluding carboxylic acids is 2. The van der Waals surface area contributed by atoms with Crippen LogP contribution in [0.3, 0.4) is 0 Å². The number of hydrogen-bond acceptors (Lipinski definition) is 3. The monoisotopic (exact) mass is 393 g/mol. The van der Waals surface area contributed by atoms with Crippen molar-refractivity contribution in [3.63, 3.8) is 0 Å². The number of nitrogens with one attached hydrogen (secondary N) is 1. The van der Waals surface area contributed by atoms with Crippen molar-refractivity contribution in [3.05, 3.63) is 101 Å². The number of ether oxygens (including phenoxy) is 1. The molecule has 3 rings (SSSR count). The van der Waals surface area contributed by atoms with Gasteiger partial charge >= 0.3 is 0 Å². The summed E-state index contributed by atoms with van der Waals surface area (Å²) in [6.07, 6.45) is 0.697. The van der Waals surface area contributed by atoms with Gasteiger partial charge in [0.25, 0.3) is 5.91 Å². The van der Waals surface area contributed by atoms with Crippen molar-refractivity contribution < 1.29 is 14.3 Å². The van der Waals surface area contributed by atoms with Crippen molar-refractivity contribution in [2.45, 2.75) is 6.42 Å². The van der Waals surface area contributed by atoms with E-state index in [2.05, 4.69) is 5.32 Å². The molecule has 0 saturated carbocycles. The fourth-order valence-corrected chi connectivity index (χ4v) is 2.91. The van der Waals surface area contributed by atoms with Gasteiger partial charge in [-0.2, -0.15) is 0 Å². The summed E-state index contributed by atoms with van der Waals surface area (Å²) in [7, 11) is 0. The van der Waals surface area contributed by atoms with Gasteiger partial charge in [-0.25, -0.2) is 0 Å². The first kappa shape index (κ1) is 19.6. The zero-order valence-corrected chi connectivity index (χ0v) is 16.0. The summed E-state index contributed by atoms with van der Waals surface area (Å²) in [6.45, 7) is 0.425. The predicted molar refractivity (Wildman–Crippen MR) is 110 cm³/mol. The molecule has 0 unspecified atom stereocenters. The number of benzene rings is 3. The van der Waals surface area contributed by atoms with E-state index in [9.17, 15) is 9.59 Å². The van der Waals surface area contributed by atoms with Crippen molar-refractivity contribution in [2.75, 3.05) is 13.2 Å². The van der Waals surface area contributed by atoms with Crippen LogP contribution in [0.4, 0.5) is 0 Å². The lowest BCUT2D eigenvalue weighted by molar-refractivity contribution is -0.123. The van der Waals surface area contributed by atoms with Gasteiger partial charge in [-0.15, -0.1) is 0 Å². The van der Waals surface area contributed by atoms with Gasteiger partial charge in [0.15, 0.2) is 12.4 Å². The Labute approximate surface area is 169 Å². The minimum absolute atomic E-state index is 0.0501. The minimum Gasteiger partial charge on any atom is -0.484 e. The second-order valence-corrected chi connectivity index (χ2v) is 6.67. The second kappa shape index (κ2) is 9.72. The summed E-state index contributed by atoms with van der Waals surface area (Å²) in [6, 6.07) is 23.4. The molecule has 3 aromatic carbocycles. The van der Waals surface area contributed by atoms with E-state index in [1.807, 2.05) is 42.5 Å². The van der Waals surface area contributed by atoms with Gasteiger partial charge in [-0.1, -0.05) is 54.1 Å². The van der Waals surface area contributed by atoms with Crippen LogP contribution in [0.1, 0.15) is 21.5 Å². The van der Waals surface area contributed by atoms with Gasteiger partial charge < -0.3 is 10.1 Å². The molecule has 0 fully saturated rings. The van der Waals surface area contributed by atoms with Crippen LogP contribution in [-0.2, 0) is 11.2 Å². The third-order valence-electron chi connectivity index (χ3n) is 4.15. The number of rotatable bonds is 8. The smallest absolute Gasteiger partial charge is 0.257 e. The SMILES string of the molecule is O=C(COc1ccc(C(=O)c2ccccc2)cc1)NCCc1cccc(Cl)c1. The maximum absolute atomic E-state index is 12.4. The Bertz CT molecular complexity index is 940. The first-order valence-corrected chi connectivity index (χ1v) is 9.33. The normalized spacial score (nSPS) is 10.3. The molecule has 4 nitrogen and oxygen atoms in total. The van der Waals surface area contributed by atoms with E-state index in [1.54, 1.807) is 36.4 Å². The zero-order chi connectivity index (χ0) is 19.8. The lowest BCUT2D eigenvalue weighted by Crippen LogP contribution is -2.30. The summed E-state index contributed by atoms with van der Waals surface area (Å²) < 4.78 is 5.49. The van der Waals surface area contributed by atoms with E-state index in [4.69, 9.17) is 16.3 Å². The van der Waals surface area contributed by atoms with E-state index in [1.165, 1.54) is 0 Å². The largest absolute Gasteiger partial charge is 0.484 e. The van der Waals surface area contributed by atoms with Gasteiger partial charge in [0.1, 0.15) is 5.75 Å². The highest BCUT2D eigenvalue weighted by Crippen LogP contribution is 2.15. The quantitative estimate of drug-likeness (QED) is 0.580. The van der Waals surface area contributed by atoms with E-state index < -0.39 is 0 Å². The van der Waals surface area contributed by atoms with Gasteiger partial charge in [0.2, 0.25) is 0 Å². The molecule has 0 atom stereocenters. The number of amides is 1. The van der Waals surface area contributed by atoms with Crippen LogP contribution in [0.15, 0.2) is 78.9 Å². The molecule has 0 aliphatic carbocycles. The van der Waals surface area contributed by atoms with Gasteiger partial charge in [-0.3, -0.25) is 9.59 Å². The first-order chi connectivity index (χ1) is 13.6. The molecule has 1 N–H and O–H groups in total. The Balaban J connectivity index is 1.44. The molecular formula is C23H20ClNO3. The molecule has 142 valence electrons. The molecule has 28 heavy (non-hydrogen) atoms. The van der Waals surface area contributed by atoms with E-state index in [0.29, 0.717) is 34.9 Å². The fourth-order valence-electron chi connectivity index (χ4n) is 2.70. The Hall–Kier alpha value is -3.11. The minimum atomic E-state index is -0.202. The van der Waals surface area contributed by atoms with Crippen LogP contribution in [0.2, 0.25) is 5.02 Å². The molecule has 0 spiro atoms. The molecule has 0 aliphatic rings. The number of halogens is 1. The molecule has 0 radical (unpaired) electrons. The van der Waals surface area contributed by atoms with Crippen molar-refractivity contribution in [3.8, 4) is 5.75 Å². The Morgan fingerprint density at radius 3 is 2.29 bits per heavy atom. The third-order valence-corrected chi connectivity index (χ3v) is 4.38. The first-order valence-electron chi connectivity index (χ1n) is 8.95. The Morgan fingerprint density at radius 1 is 0.857 bits per heavy atom. The van der Waals surface area contributed by atoms with Crippen molar-refractivity contribution in [1.29, 1.82) is 0 Å². The third kappa shape index (κ3) is 5.69. The molecule has 5 heteroatoms. The van der Waals surface area contributed by atoms with Gasteiger partial charge in [0, 0.05) is 22.7 Å². The van der Waals surface area contributed by atoms with Crippen LogP contribution in [0, 0.1) is 0 Å². The lowest BCUT2D eigenvalue weighted by Gasteiger charge is -2.08. The van der Waals surface area contributed by atoms with Crippen LogP contribution in [0.25, 0.3) is 0 Å². The Kier molecular flexibility index (Phi) is 6.82. The molecular weight excluding hydrogens is 374 g/mol. The number of hydrogen-bond donors (Lipinski definition) is 1. The second-order valence-electron chi connectivity index (χ2n) is 6.24. The highest BCUT2D eigenvalue weighted by atomic mass is 35.5. The highest BCUT2D eigenvalue weighted by molar-refractivity contribution is 6.30. The van der Waals surface area contributed by atoms with Crippen molar-refractivity contribution in [1.82, 2.24) is 5.32 Å². The summed E-state index contributed by atoms with van der Waals surface area (Å²) in [5, 5.41) is 3.49. The predicted octanol–water partition coefficient (Wildman–Crippen LogP) is 4.31. The standard InChI is InChI=1S/C23H20ClNO3/c24-20-8-4-5-17(15-20)13-14-25-22(26)16-28-21-11-9-19(10-12-21)23(27)18-6-2-1-3-7-18/h1-12,15H,13-14,16H2,(H,25,26). The van der Waals surface area contributed by atoms with Gasteiger partial charge in [0.05, 0.1) is 0 Å². The number of ketones is 1. The van der Waals surface area contributed by atoms with Crippen LogP contribution in [0.5, 0.6) is 5.75 Å². The summed E-state index contributed by atoms with van der Waals surface area (Å²) >= 11 is 5.94. The maximum atomic E-state index is 12.4. The fraction of sp³-hybridized carbons (Fsp3) is 0.130. The van der Waals surface area contributed by atoms with E-state index in [-0.39, 0.29) is 18.3 Å². The molecule has 1 amide bonds. The highest BCUT2D eigenvalue weighted by Gasteiger charge is 2.09. The summed E-state index contributed by atoms with van der Waals surface area (Å²) in [5.41, 5.74) is 2.27. The topological polar surface area (TPSA) is 55.4 Å². The van der Waals surface area contributed by atoms with Crippen molar-refractivity contribution >= 4 is 23.3 Å².